The summed E-state index contributed by atoms with van der Waals surface area (Å²) in [6, 6.07) is 60.1. The molecule has 0 amide bonds. The Bertz CT molecular complexity index is 3730. The highest BCUT2D eigenvalue weighted by atomic mass is 14.3. The smallest absolute Gasteiger partial charge is 0.000708 e. The molecule has 13 aromatic carbocycles. The minimum absolute atomic E-state index is 1.29. The Morgan fingerprint density at radius 3 is 1.50 bits per heavy atom. The summed E-state index contributed by atoms with van der Waals surface area (Å²) in [4.78, 5) is 0. The minimum atomic E-state index is 1.29. The lowest BCUT2D eigenvalue weighted by atomic mass is 9.83. The summed E-state index contributed by atoms with van der Waals surface area (Å²) in [5, 5.41) is 26.8. The molecule has 0 N–H and O–H groups in total. The summed E-state index contributed by atoms with van der Waals surface area (Å²) in [5.74, 6) is 0. The molecule has 0 aliphatic rings. The molecule has 0 spiro atoms. The first-order valence-electron chi connectivity index (χ1n) is 19.1. The second-order valence-corrected chi connectivity index (χ2v) is 15.6. The number of fused-ring (bicyclic) bond motifs is 9. The van der Waals surface area contributed by atoms with Crippen molar-refractivity contribution >= 4 is 108 Å². The quantitative estimate of drug-likeness (QED) is 0.159. The van der Waals surface area contributed by atoms with Gasteiger partial charge in [0.05, 0.1) is 0 Å². The molecule has 0 radical (unpaired) electrons. The third-order valence-electron chi connectivity index (χ3n) is 12.9. The second-order valence-electron chi connectivity index (χ2n) is 15.6. The number of aryl methyl sites for hydroxylation is 2. The molecule has 0 fully saturated rings. The van der Waals surface area contributed by atoms with Crippen LogP contribution in [-0.4, -0.2) is 0 Å². The van der Waals surface area contributed by atoms with Gasteiger partial charge in [0.25, 0.3) is 0 Å². The van der Waals surface area contributed by atoms with Gasteiger partial charge in [0.1, 0.15) is 0 Å². The van der Waals surface area contributed by atoms with Gasteiger partial charge in [-0.15, -0.1) is 0 Å². The van der Waals surface area contributed by atoms with E-state index in [0.717, 1.165) is 0 Å². The Morgan fingerprint density at radius 1 is 0.241 bits per heavy atom. The first kappa shape index (κ1) is 28.8. The molecule has 0 unspecified atom stereocenters. The van der Waals surface area contributed by atoms with Crippen molar-refractivity contribution in [3.63, 3.8) is 0 Å². The van der Waals surface area contributed by atoms with Crippen LogP contribution in [0.1, 0.15) is 11.1 Å². The van der Waals surface area contributed by atoms with Gasteiger partial charge in [-0.25, -0.2) is 0 Å². The topological polar surface area (TPSA) is 0 Å². The molecular weight excluding hydrogens is 649 g/mol. The third-order valence-corrected chi connectivity index (χ3v) is 12.9. The molecule has 248 valence electrons. The van der Waals surface area contributed by atoms with Crippen LogP contribution in [0.2, 0.25) is 0 Å². The van der Waals surface area contributed by atoms with Crippen LogP contribution in [0.25, 0.3) is 130 Å². The van der Waals surface area contributed by atoms with Gasteiger partial charge in [0.15, 0.2) is 0 Å². The van der Waals surface area contributed by atoms with Gasteiger partial charge in [0, 0.05) is 0 Å². The van der Waals surface area contributed by atoms with Gasteiger partial charge < -0.3 is 0 Å². The van der Waals surface area contributed by atoms with Gasteiger partial charge in [-0.2, -0.15) is 0 Å². The predicted molar refractivity (Wildman–Crippen MR) is 235 cm³/mol. The molecule has 0 aliphatic heterocycles. The van der Waals surface area contributed by atoms with Crippen LogP contribution in [0.3, 0.4) is 0 Å². The lowest BCUT2D eigenvalue weighted by Gasteiger charge is -2.19. The van der Waals surface area contributed by atoms with Crippen molar-refractivity contribution in [1.29, 1.82) is 0 Å². The highest BCUT2D eigenvalue weighted by Crippen LogP contribution is 2.55. The molecule has 0 aromatic heterocycles. The Hall–Kier alpha value is -6.76. The van der Waals surface area contributed by atoms with Crippen molar-refractivity contribution in [1.82, 2.24) is 0 Å². The number of rotatable bonds is 2. The Morgan fingerprint density at radius 2 is 0.759 bits per heavy atom. The van der Waals surface area contributed by atoms with E-state index in [1.807, 2.05) is 0 Å². The van der Waals surface area contributed by atoms with Crippen molar-refractivity contribution in [2.45, 2.75) is 13.8 Å². The highest BCUT2D eigenvalue weighted by Gasteiger charge is 2.27. The van der Waals surface area contributed by atoms with E-state index in [9.17, 15) is 0 Å². The first-order valence-corrected chi connectivity index (χ1v) is 19.1. The molecule has 0 atom stereocenters. The van der Waals surface area contributed by atoms with Crippen molar-refractivity contribution < 1.29 is 0 Å². The number of hydrogen-bond donors (Lipinski definition) is 0. The summed E-state index contributed by atoms with van der Waals surface area (Å²) in [6.07, 6.45) is 0. The third kappa shape index (κ3) is 3.45. The van der Waals surface area contributed by atoms with Crippen LogP contribution < -0.4 is 0 Å². The van der Waals surface area contributed by atoms with Gasteiger partial charge in [-0.05, 0) is 179 Å². The van der Waals surface area contributed by atoms with Crippen molar-refractivity contribution in [2.24, 2.45) is 0 Å². The fourth-order valence-corrected chi connectivity index (χ4v) is 10.6. The van der Waals surface area contributed by atoms with Crippen molar-refractivity contribution in [3.8, 4) is 22.3 Å². The number of benzene rings is 11. The summed E-state index contributed by atoms with van der Waals surface area (Å²) in [5.41, 5.74) is 7.87. The van der Waals surface area contributed by atoms with E-state index in [1.165, 1.54) is 141 Å². The van der Waals surface area contributed by atoms with Crippen LogP contribution in [0.5, 0.6) is 0 Å². The van der Waals surface area contributed by atoms with Crippen LogP contribution in [0, 0.1) is 13.8 Å². The zero-order valence-electron chi connectivity index (χ0n) is 30.0. The van der Waals surface area contributed by atoms with Crippen molar-refractivity contribution in [2.75, 3.05) is 0 Å². The normalized spacial score (nSPS) is 12.6. The molecule has 0 bridgehead atoms. The molecule has 0 heteroatoms. The van der Waals surface area contributed by atoms with Gasteiger partial charge in [-0.1, -0.05) is 133 Å². The Balaban J connectivity index is 1.37. The molecule has 54 heavy (non-hydrogen) atoms. The van der Waals surface area contributed by atoms with Crippen molar-refractivity contribution in [3.05, 3.63) is 169 Å². The van der Waals surface area contributed by atoms with Crippen LogP contribution in [-0.2, 0) is 0 Å². The molecule has 13 rings (SSSR count). The maximum Gasteiger partial charge on any atom is -0.000708 e. The van der Waals surface area contributed by atoms with Gasteiger partial charge >= 0.3 is 0 Å². The zero-order chi connectivity index (χ0) is 35.4. The SMILES string of the molecule is Cc1ccccc1-c1c2cc3c(cc2c(-c2ccccc2C)c2c4cc5cccc6ccc7ccc(c12)c4c7c65)c1cccc2c4ccccc4cc3c21. The molecule has 0 heterocycles. The average molecular weight is 681 g/mol. The van der Waals surface area contributed by atoms with Crippen LogP contribution in [0.15, 0.2) is 158 Å². The maximum absolute atomic E-state index is 2.56. The minimum Gasteiger partial charge on any atom is -0.0620 e. The summed E-state index contributed by atoms with van der Waals surface area (Å²) >= 11 is 0. The summed E-state index contributed by atoms with van der Waals surface area (Å²) in [7, 11) is 0. The van der Waals surface area contributed by atoms with E-state index < -0.39 is 0 Å². The van der Waals surface area contributed by atoms with E-state index in [2.05, 4.69) is 172 Å². The average Bonchev–Trinajstić information content (AvgIpc) is 3.70. The lowest BCUT2D eigenvalue weighted by molar-refractivity contribution is 1.47. The molecule has 0 nitrogen and oxygen atoms in total. The van der Waals surface area contributed by atoms with E-state index in [0.29, 0.717) is 0 Å². The zero-order valence-corrected chi connectivity index (χ0v) is 30.0. The van der Waals surface area contributed by atoms with Crippen LogP contribution >= 0.6 is 0 Å². The Labute approximate surface area is 311 Å². The first-order chi connectivity index (χ1) is 26.6. The van der Waals surface area contributed by atoms with E-state index in [-0.39, 0.29) is 0 Å². The molecule has 13 aromatic rings. The summed E-state index contributed by atoms with van der Waals surface area (Å²) in [6.45, 7) is 4.56. The van der Waals surface area contributed by atoms with E-state index in [1.54, 1.807) is 0 Å². The van der Waals surface area contributed by atoms with Gasteiger partial charge in [0.2, 0.25) is 0 Å². The molecule has 0 aliphatic carbocycles. The van der Waals surface area contributed by atoms with E-state index in [4.69, 9.17) is 0 Å². The van der Waals surface area contributed by atoms with Gasteiger partial charge in [-0.3, -0.25) is 0 Å². The van der Waals surface area contributed by atoms with Crippen LogP contribution in [0.4, 0.5) is 0 Å². The standard InChI is InChI=1S/C54H32/c1-29-11-3-6-16-35(29)50-45-28-42-41(39-20-10-19-38-37-18-8-5-13-33(37)25-43(42)49(38)39)27-44(45)51(36-17-7-4-12-30(36)2)54-46-26-34-15-9-14-31-21-22-32-23-24-40(53(50)54)52(46)48(32)47(31)34/h3-28H,1-2H3. The Kier molecular flexibility index (Phi) is 5.33. The molecule has 0 saturated heterocycles. The number of hydrogen-bond acceptors (Lipinski definition) is 0. The molecular formula is C54H32. The van der Waals surface area contributed by atoms with E-state index >= 15 is 0 Å². The monoisotopic (exact) mass is 680 g/mol. The fourth-order valence-electron chi connectivity index (χ4n) is 10.6. The largest absolute Gasteiger partial charge is 0.0620 e. The second kappa shape index (κ2) is 10.0. The fraction of sp³-hybridized carbons (Fsp3) is 0.0370. The maximum atomic E-state index is 2.56. The lowest BCUT2D eigenvalue weighted by Crippen LogP contribution is -1.92. The predicted octanol–water partition coefficient (Wildman–Crippen LogP) is 15.5. The molecule has 0 saturated carbocycles. The highest BCUT2D eigenvalue weighted by molar-refractivity contribution is 6.46. The summed E-state index contributed by atoms with van der Waals surface area (Å²) < 4.78 is 0.